The number of Topliss-reactive ketones (excluding diaryl/α,β-unsaturated/α-hetero) is 2. The molecule has 4 fully saturated rings. The van der Waals surface area contributed by atoms with E-state index >= 15 is 0 Å². The lowest BCUT2D eigenvalue weighted by Crippen LogP contribution is -2.56. The third-order valence-corrected chi connectivity index (χ3v) is 8.49. The highest BCUT2D eigenvalue weighted by atomic mass is 16.1. The predicted octanol–water partition coefficient (Wildman–Crippen LogP) is 2.89. The van der Waals surface area contributed by atoms with Gasteiger partial charge < -0.3 is 5.32 Å². The molecule has 132 valence electrons. The second-order valence-electron chi connectivity index (χ2n) is 9.29. The molecule has 4 aliphatic carbocycles. The van der Waals surface area contributed by atoms with Crippen molar-refractivity contribution in [1.29, 1.82) is 0 Å². The molecular formula is C20H29NO3. The van der Waals surface area contributed by atoms with Crippen LogP contribution in [0.15, 0.2) is 0 Å². The Balaban J connectivity index is 1.67. The molecule has 1 unspecified atom stereocenters. The molecule has 4 saturated carbocycles. The third-order valence-electron chi connectivity index (χ3n) is 8.49. The van der Waals surface area contributed by atoms with Gasteiger partial charge in [0, 0.05) is 30.7 Å². The summed E-state index contributed by atoms with van der Waals surface area (Å²) in [6, 6.07) is 0.0122. The Morgan fingerprint density at radius 3 is 2.62 bits per heavy atom. The average Bonchev–Trinajstić information content (AvgIpc) is 2.79. The first-order valence-electron chi connectivity index (χ1n) is 9.65. The first-order chi connectivity index (χ1) is 11.4. The fraction of sp³-hybridized carbons (Fsp3) is 0.850. The molecule has 0 saturated heterocycles. The molecule has 0 aromatic rings. The van der Waals surface area contributed by atoms with E-state index in [9.17, 15) is 14.4 Å². The molecule has 4 nitrogen and oxygen atoms in total. The Morgan fingerprint density at radius 1 is 1.08 bits per heavy atom. The van der Waals surface area contributed by atoms with E-state index < -0.39 is 0 Å². The van der Waals surface area contributed by atoms with Crippen molar-refractivity contribution in [2.75, 3.05) is 0 Å². The number of ketones is 2. The molecule has 0 aliphatic heterocycles. The van der Waals surface area contributed by atoms with Crippen LogP contribution in [0.4, 0.5) is 0 Å². The van der Waals surface area contributed by atoms with Crippen molar-refractivity contribution in [3.05, 3.63) is 0 Å². The minimum atomic E-state index is -0.254. The van der Waals surface area contributed by atoms with E-state index in [1.165, 1.54) is 0 Å². The number of carbonyl (C=O) groups is 3. The lowest BCUT2D eigenvalue weighted by Gasteiger charge is -2.59. The van der Waals surface area contributed by atoms with Gasteiger partial charge in [-0.3, -0.25) is 14.4 Å². The highest BCUT2D eigenvalue weighted by Crippen LogP contribution is 2.65. The van der Waals surface area contributed by atoms with Crippen LogP contribution in [0.1, 0.15) is 65.2 Å². The predicted molar refractivity (Wildman–Crippen MR) is 90.1 cm³/mol. The topological polar surface area (TPSA) is 63.2 Å². The van der Waals surface area contributed by atoms with Crippen LogP contribution in [0.5, 0.6) is 0 Å². The van der Waals surface area contributed by atoms with Gasteiger partial charge in [0.1, 0.15) is 11.6 Å². The number of rotatable bonds is 2. The van der Waals surface area contributed by atoms with E-state index in [-0.39, 0.29) is 22.8 Å². The minimum Gasteiger partial charge on any atom is -0.355 e. The molecule has 0 aromatic heterocycles. The van der Waals surface area contributed by atoms with Crippen molar-refractivity contribution in [2.45, 2.75) is 71.3 Å². The van der Waals surface area contributed by atoms with E-state index in [2.05, 4.69) is 19.2 Å². The van der Waals surface area contributed by atoms with Gasteiger partial charge in [0.25, 0.3) is 0 Å². The van der Waals surface area contributed by atoms with Crippen molar-refractivity contribution < 1.29 is 14.4 Å². The minimum absolute atomic E-state index is 0.0122. The van der Waals surface area contributed by atoms with E-state index in [0.29, 0.717) is 35.7 Å². The molecule has 24 heavy (non-hydrogen) atoms. The van der Waals surface area contributed by atoms with E-state index in [1.54, 1.807) is 0 Å². The molecule has 0 aromatic carbocycles. The van der Waals surface area contributed by atoms with E-state index in [4.69, 9.17) is 0 Å². The molecule has 7 atom stereocenters. The van der Waals surface area contributed by atoms with Crippen molar-refractivity contribution in [2.24, 2.45) is 34.5 Å². The van der Waals surface area contributed by atoms with Crippen LogP contribution >= 0.6 is 0 Å². The summed E-state index contributed by atoms with van der Waals surface area (Å²) in [7, 11) is 0. The molecule has 0 heterocycles. The quantitative estimate of drug-likeness (QED) is 0.791. The number of carbonyl (C=O) groups excluding carboxylic acids is 3. The first kappa shape index (κ1) is 16.3. The Morgan fingerprint density at radius 2 is 1.88 bits per heavy atom. The van der Waals surface area contributed by atoms with Crippen LogP contribution in [-0.2, 0) is 14.4 Å². The summed E-state index contributed by atoms with van der Waals surface area (Å²) < 4.78 is 0. The zero-order valence-corrected chi connectivity index (χ0v) is 14.8. The summed E-state index contributed by atoms with van der Waals surface area (Å²) >= 11 is 0. The summed E-state index contributed by atoms with van der Waals surface area (Å²) in [6.45, 7) is 4.55. The average molecular weight is 331 g/mol. The summed E-state index contributed by atoms with van der Waals surface area (Å²) in [6.07, 6.45) is 8.07. The van der Waals surface area contributed by atoms with Gasteiger partial charge >= 0.3 is 0 Å². The zero-order valence-electron chi connectivity index (χ0n) is 14.8. The molecular weight excluding hydrogens is 302 g/mol. The van der Waals surface area contributed by atoms with E-state index in [0.717, 1.165) is 51.4 Å². The monoisotopic (exact) mass is 331 g/mol. The molecule has 1 amide bonds. The molecule has 4 rings (SSSR count). The number of nitrogens with one attached hydrogen (secondary N) is 1. The summed E-state index contributed by atoms with van der Waals surface area (Å²) in [5.74, 6) is 2.71. The van der Waals surface area contributed by atoms with Crippen LogP contribution in [-0.4, -0.2) is 24.0 Å². The van der Waals surface area contributed by atoms with Gasteiger partial charge in [0.05, 0.1) is 0 Å². The second-order valence-corrected chi connectivity index (χ2v) is 9.29. The van der Waals surface area contributed by atoms with E-state index in [1.807, 2.05) is 0 Å². The SMILES string of the molecule is C[C@]12CCC(=O)C[C@@H]1CC[C@@H]1[C@@H]2CC[C@]2(C)C(=O)CC(NC=O)[C@@H]12. The van der Waals surface area contributed by atoms with Crippen LogP contribution in [0.25, 0.3) is 0 Å². The maximum Gasteiger partial charge on any atom is 0.207 e. The van der Waals surface area contributed by atoms with Gasteiger partial charge in [-0.15, -0.1) is 0 Å². The van der Waals surface area contributed by atoms with Gasteiger partial charge in [-0.2, -0.15) is 0 Å². The number of amides is 1. The van der Waals surface area contributed by atoms with Crippen molar-refractivity contribution >= 4 is 18.0 Å². The van der Waals surface area contributed by atoms with Gasteiger partial charge in [0.15, 0.2) is 0 Å². The third kappa shape index (κ3) is 2.07. The van der Waals surface area contributed by atoms with Crippen LogP contribution in [0.3, 0.4) is 0 Å². The number of hydrogen-bond acceptors (Lipinski definition) is 3. The number of fused-ring (bicyclic) bond motifs is 5. The fourth-order valence-electron chi connectivity index (χ4n) is 7.17. The van der Waals surface area contributed by atoms with Crippen molar-refractivity contribution in [3.63, 3.8) is 0 Å². The maximum atomic E-state index is 12.7. The van der Waals surface area contributed by atoms with Gasteiger partial charge in [-0.05, 0) is 61.2 Å². The molecule has 4 aliphatic rings. The first-order valence-corrected chi connectivity index (χ1v) is 9.65. The second kappa shape index (κ2) is 5.40. The molecule has 0 spiro atoms. The van der Waals surface area contributed by atoms with Gasteiger partial charge in [0.2, 0.25) is 6.41 Å². The summed E-state index contributed by atoms with van der Waals surface area (Å²) in [4.78, 5) is 35.7. The molecule has 4 heteroatoms. The Labute approximate surface area is 144 Å². The Bertz CT molecular complexity index is 587. The normalized spacial score (nSPS) is 50.7. The molecule has 1 N–H and O–H groups in total. The molecule has 0 radical (unpaired) electrons. The summed E-state index contributed by atoms with van der Waals surface area (Å²) in [5.41, 5.74) is -0.00888. The summed E-state index contributed by atoms with van der Waals surface area (Å²) in [5, 5.41) is 2.97. The highest BCUT2D eigenvalue weighted by Gasteiger charge is 2.62. The van der Waals surface area contributed by atoms with Crippen LogP contribution in [0, 0.1) is 34.5 Å². The maximum absolute atomic E-state index is 12.7. The van der Waals surface area contributed by atoms with Gasteiger partial charge in [-0.1, -0.05) is 13.8 Å². The van der Waals surface area contributed by atoms with Gasteiger partial charge in [-0.25, -0.2) is 0 Å². The van der Waals surface area contributed by atoms with Crippen molar-refractivity contribution in [1.82, 2.24) is 5.32 Å². The largest absolute Gasteiger partial charge is 0.355 e. The molecule has 0 bridgehead atoms. The lowest BCUT2D eigenvalue weighted by molar-refractivity contribution is -0.145. The van der Waals surface area contributed by atoms with Crippen LogP contribution in [0.2, 0.25) is 0 Å². The van der Waals surface area contributed by atoms with Crippen molar-refractivity contribution in [3.8, 4) is 0 Å². The standard InChI is InChI=1S/C20H29NO3/c1-19-7-5-13(23)9-12(19)3-4-14-15(19)6-8-20(2)17(24)10-16(18(14)20)21-11-22/h11-12,14-16,18H,3-10H2,1-2H3,(H,21,22)/t12-,14+,15-,16?,18+,19-,20+/m0/s1. The zero-order chi connectivity index (χ0) is 17.1. The smallest absolute Gasteiger partial charge is 0.207 e. The Hall–Kier alpha value is -1.19. The lowest BCUT2D eigenvalue weighted by atomic mass is 9.45. The highest BCUT2D eigenvalue weighted by molar-refractivity contribution is 5.88. The Kier molecular flexibility index (Phi) is 3.67. The number of hydrogen-bond donors (Lipinski definition) is 1. The van der Waals surface area contributed by atoms with Crippen LogP contribution < -0.4 is 5.32 Å². The fourth-order valence-corrected chi connectivity index (χ4v) is 7.17.